The predicted octanol–water partition coefficient (Wildman–Crippen LogP) is 2.44. The van der Waals surface area contributed by atoms with Crippen LogP contribution in [0.3, 0.4) is 0 Å². The Hall–Kier alpha value is -3.15. The van der Waals surface area contributed by atoms with Gasteiger partial charge in [0.25, 0.3) is 0 Å². The number of aromatic amines is 2. The molecule has 1 aromatic carbocycles. The summed E-state index contributed by atoms with van der Waals surface area (Å²) in [6.45, 7) is -0.320. The number of H-pyrrole nitrogens is 2. The van der Waals surface area contributed by atoms with Crippen LogP contribution in [-0.4, -0.2) is 33.5 Å². The number of hydrogen-bond donors (Lipinski definition) is 2. The van der Waals surface area contributed by atoms with Crippen molar-refractivity contribution in [1.82, 2.24) is 15.2 Å². The fraction of sp³-hybridized carbons (Fsp3) is 0.0625. The molecule has 3 aromatic rings. The van der Waals surface area contributed by atoms with E-state index in [0.717, 1.165) is 5.56 Å². The third-order valence-electron chi connectivity index (χ3n) is 3.10. The number of Topliss-reactive ketones (excluding diaryl/α,β-unsaturated/α-hetero) is 1. The van der Waals surface area contributed by atoms with Crippen LogP contribution in [0.5, 0.6) is 0 Å². The number of rotatable bonds is 5. The number of hydrogen-bond acceptors (Lipinski definition) is 4. The number of ketones is 1. The summed E-state index contributed by atoms with van der Waals surface area (Å²) in [5, 5.41) is 6.69. The highest BCUT2D eigenvalue weighted by Crippen LogP contribution is 2.17. The van der Waals surface area contributed by atoms with Gasteiger partial charge < -0.3 is 9.72 Å². The molecule has 6 heteroatoms. The van der Waals surface area contributed by atoms with Crippen LogP contribution in [0.25, 0.3) is 11.3 Å². The Balaban J connectivity index is 1.64. The van der Waals surface area contributed by atoms with Gasteiger partial charge >= 0.3 is 5.97 Å². The van der Waals surface area contributed by atoms with Crippen molar-refractivity contribution in [3.05, 3.63) is 66.1 Å². The van der Waals surface area contributed by atoms with Gasteiger partial charge in [-0.05, 0) is 18.2 Å². The maximum Gasteiger partial charge on any atom is 0.356 e. The topological polar surface area (TPSA) is 87.8 Å². The van der Waals surface area contributed by atoms with Crippen molar-refractivity contribution in [3.8, 4) is 11.3 Å². The molecular formula is C16H13N3O3. The van der Waals surface area contributed by atoms with Gasteiger partial charge in [0.05, 0.1) is 11.4 Å². The summed E-state index contributed by atoms with van der Waals surface area (Å²) in [4.78, 5) is 26.4. The lowest BCUT2D eigenvalue weighted by Crippen LogP contribution is -2.14. The molecule has 0 aliphatic carbocycles. The van der Waals surface area contributed by atoms with Gasteiger partial charge in [-0.2, -0.15) is 5.10 Å². The Morgan fingerprint density at radius 3 is 2.59 bits per heavy atom. The van der Waals surface area contributed by atoms with Gasteiger partial charge in [0, 0.05) is 11.8 Å². The normalized spacial score (nSPS) is 10.4. The molecule has 0 saturated heterocycles. The number of ether oxygens (including phenoxy) is 1. The number of carbonyl (C=O) groups is 2. The van der Waals surface area contributed by atoms with Gasteiger partial charge in [-0.3, -0.25) is 9.89 Å². The lowest BCUT2D eigenvalue weighted by Gasteiger charge is -2.00. The minimum absolute atomic E-state index is 0.207. The van der Waals surface area contributed by atoms with Gasteiger partial charge in [-0.15, -0.1) is 0 Å². The maximum absolute atomic E-state index is 11.9. The molecule has 0 unspecified atom stereocenters. The number of esters is 1. The van der Waals surface area contributed by atoms with E-state index in [0.29, 0.717) is 11.4 Å². The molecule has 2 heterocycles. The molecule has 0 aliphatic rings. The zero-order valence-electron chi connectivity index (χ0n) is 11.6. The summed E-state index contributed by atoms with van der Waals surface area (Å²) in [5.74, 6) is -0.907. The second-order valence-corrected chi connectivity index (χ2v) is 4.62. The molecule has 0 bridgehead atoms. The summed E-state index contributed by atoms with van der Waals surface area (Å²) in [6, 6.07) is 14.4. The number of nitrogens with zero attached hydrogens (tertiary/aromatic N) is 1. The van der Waals surface area contributed by atoms with Crippen LogP contribution >= 0.6 is 0 Å². The Morgan fingerprint density at radius 1 is 1.05 bits per heavy atom. The Kier molecular flexibility index (Phi) is 3.82. The van der Waals surface area contributed by atoms with Crippen molar-refractivity contribution in [2.75, 3.05) is 6.61 Å². The maximum atomic E-state index is 11.9. The predicted molar refractivity (Wildman–Crippen MR) is 79.4 cm³/mol. The van der Waals surface area contributed by atoms with Crippen molar-refractivity contribution < 1.29 is 14.3 Å². The third kappa shape index (κ3) is 2.95. The van der Waals surface area contributed by atoms with Gasteiger partial charge in [-0.25, -0.2) is 4.79 Å². The van der Waals surface area contributed by atoms with Crippen LogP contribution in [0, 0.1) is 0 Å². The van der Waals surface area contributed by atoms with E-state index in [1.165, 1.54) is 0 Å². The van der Waals surface area contributed by atoms with Gasteiger partial charge in [0.2, 0.25) is 5.78 Å². The number of carbonyl (C=O) groups excluding carboxylic acids is 2. The van der Waals surface area contributed by atoms with E-state index in [-0.39, 0.29) is 18.1 Å². The number of benzene rings is 1. The highest BCUT2D eigenvalue weighted by molar-refractivity contribution is 5.97. The molecule has 0 aliphatic heterocycles. The van der Waals surface area contributed by atoms with Crippen LogP contribution < -0.4 is 0 Å². The first kappa shape index (κ1) is 13.8. The van der Waals surface area contributed by atoms with E-state index in [1.807, 2.05) is 30.3 Å². The molecule has 22 heavy (non-hydrogen) atoms. The first-order valence-corrected chi connectivity index (χ1v) is 6.68. The van der Waals surface area contributed by atoms with Crippen LogP contribution in [-0.2, 0) is 4.74 Å². The fourth-order valence-corrected chi connectivity index (χ4v) is 1.97. The molecule has 0 radical (unpaired) electrons. The summed E-state index contributed by atoms with van der Waals surface area (Å²) < 4.78 is 4.98. The minimum Gasteiger partial charge on any atom is -0.453 e. The highest BCUT2D eigenvalue weighted by atomic mass is 16.5. The zero-order valence-corrected chi connectivity index (χ0v) is 11.6. The van der Waals surface area contributed by atoms with Gasteiger partial charge in [0.15, 0.2) is 6.61 Å². The SMILES string of the molecule is O=C(COC(=O)c1cc(-c2ccccc2)n[nH]1)c1ccc[nH]1. The standard InChI is InChI=1S/C16H13N3O3/c20-15(12-7-4-8-17-12)10-22-16(21)14-9-13(18-19-14)11-5-2-1-3-6-11/h1-9,17H,10H2,(H,18,19). The summed E-state index contributed by atoms with van der Waals surface area (Å²) >= 11 is 0. The summed E-state index contributed by atoms with van der Waals surface area (Å²) in [7, 11) is 0. The molecule has 2 N–H and O–H groups in total. The lowest BCUT2D eigenvalue weighted by molar-refractivity contribution is 0.0468. The Morgan fingerprint density at radius 2 is 1.86 bits per heavy atom. The molecule has 3 rings (SSSR count). The molecular weight excluding hydrogens is 282 g/mol. The van der Waals surface area contributed by atoms with E-state index < -0.39 is 5.97 Å². The van der Waals surface area contributed by atoms with Crippen molar-refractivity contribution in [2.24, 2.45) is 0 Å². The molecule has 6 nitrogen and oxygen atoms in total. The summed E-state index contributed by atoms with van der Waals surface area (Å²) in [6.07, 6.45) is 1.64. The van der Waals surface area contributed by atoms with Crippen LogP contribution in [0.4, 0.5) is 0 Å². The zero-order chi connectivity index (χ0) is 15.4. The molecule has 0 atom stereocenters. The van der Waals surface area contributed by atoms with Crippen molar-refractivity contribution in [2.45, 2.75) is 0 Å². The fourth-order valence-electron chi connectivity index (χ4n) is 1.97. The smallest absolute Gasteiger partial charge is 0.356 e. The molecule has 0 saturated carbocycles. The summed E-state index contributed by atoms with van der Waals surface area (Å²) in [5.41, 5.74) is 2.14. The van der Waals surface area contributed by atoms with Crippen molar-refractivity contribution in [1.29, 1.82) is 0 Å². The lowest BCUT2D eigenvalue weighted by atomic mass is 10.1. The van der Waals surface area contributed by atoms with Crippen molar-refractivity contribution in [3.63, 3.8) is 0 Å². The van der Waals surface area contributed by atoms with E-state index in [4.69, 9.17) is 4.74 Å². The largest absolute Gasteiger partial charge is 0.453 e. The average Bonchev–Trinajstić information content (AvgIpc) is 3.24. The molecule has 0 amide bonds. The molecule has 0 fully saturated rings. The van der Waals surface area contributed by atoms with Crippen LogP contribution in [0.2, 0.25) is 0 Å². The third-order valence-corrected chi connectivity index (χ3v) is 3.10. The van der Waals surface area contributed by atoms with Gasteiger partial charge in [-0.1, -0.05) is 30.3 Å². The molecule has 2 aromatic heterocycles. The number of aromatic nitrogens is 3. The average molecular weight is 295 g/mol. The van der Waals surface area contributed by atoms with E-state index in [9.17, 15) is 9.59 Å². The molecule has 0 spiro atoms. The second kappa shape index (κ2) is 6.09. The minimum atomic E-state index is -0.616. The first-order chi connectivity index (χ1) is 10.7. The van der Waals surface area contributed by atoms with Gasteiger partial charge in [0.1, 0.15) is 5.69 Å². The van der Waals surface area contributed by atoms with Crippen LogP contribution in [0.15, 0.2) is 54.7 Å². The monoisotopic (exact) mass is 295 g/mol. The first-order valence-electron chi connectivity index (χ1n) is 6.68. The Labute approximate surface area is 126 Å². The second-order valence-electron chi connectivity index (χ2n) is 4.62. The quantitative estimate of drug-likeness (QED) is 0.559. The van der Waals surface area contributed by atoms with E-state index in [1.54, 1.807) is 24.4 Å². The molecule has 110 valence electrons. The van der Waals surface area contributed by atoms with E-state index in [2.05, 4.69) is 15.2 Å². The van der Waals surface area contributed by atoms with Crippen LogP contribution in [0.1, 0.15) is 21.0 Å². The number of nitrogens with one attached hydrogen (secondary N) is 2. The Bertz CT molecular complexity index is 776. The van der Waals surface area contributed by atoms with Crippen molar-refractivity contribution >= 4 is 11.8 Å². The highest BCUT2D eigenvalue weighted by Gasteiger charge is 2.15. The van der Waals surface area contributed by atoms with E-state index >= 15 is 0 Å².